The molecule has 1 aliphatic carbocycles. The zero-order valence-corrected chi connectivity index (χ0v) is 18.9. The van der Waals surface area contributed by atoms with Crippen LogP contribution < -0.4 is 9.62 Å². The molecule has 0 aliphatic heterocycles. The lowest BCUT2D eigenvalue weighted by Gasteiger charge is -2.27. The predicted molar refractivity (Wildman–Crippen MR) is 120 cm³/mol. The Labute approximate surface area is 187 Å². The Hall–Kier alpha value is -3.20. The molecule has 8 nitrogen and oxygen atoms in total. The van der Waals surface area contributed by atoms with Crippen molar-refractivity contribution in [1.29, 1.82) is 0 Å². The second kappa shape index (κ2) is 8.74. The summed E-state index contributed by atoms with van der Waals surface area (Å²) in [6, 6.07) is 15.0. The van der Waals surface area contributed by atoms with Gasteiger partial charge in [0.05, 0.1) is 10.6 Å². The van der Waals surface area contributed by atoms with Crippen LogP contribution >= 0.6 is 0 Å². The first kappa shape index (κ1) is 22.0. The summed E-state index contributed by atoms with van der Waals surface area (Å²) < 4.78 is 33.1. The van der Waals surface area contributed by atoms with Crippen LogP contribution in [0.3, 0.4) is 0 Å². The number of amides is 1. The number of hydrogen-bond donors (Lipinski definition) is 1. The fourth-order valence-corrected chi connectivity index (χ4v) is 5.70. The molecule has 0 bridgehead atoms. The normalized spacial score (nSPS) is 15.4. The van der Waals surface area contributed by atoms with E-state index in [1.807, 2.05) is 6.07 Å². The minimum absolute atomic E-state index is 0.0618. The van der Waals surface area contributed by atoms with E-state index < -0.39 is 15.6 Å². The second-order valence-electron chi connectivity index (χ2n) is 7.91. The Balaban J connectivity index is 1.63. The van der Waals surface area contributed by atoms with Gasteiger partial charge in [-0.2, -0.15) is 4.98 Å². The van der Waals surface area contributed by atoms with E-state index in [4.69, 9.17) is 4.52 Å². The maximum Gasteiger partial charge on any atom is 0.264 e. The number of hydrogen-bond acceptors (Lipinski definition) is 6. The highest BCUT2D eigenvalue weighted by molar-refractivity contribution is 7.92. The third-order valence-electron chi connectivity index (χ3n) is 5.78. The molecular weight excluding hydrogens is 428 g/mol. The molecule has 3 aromatic rings. The Morgan fingerprint density at radius 2 is 1.84 bits per heavy atom. The van der Waals surface area contributed by atoms with Gasteiger partial charge in [0, 0.05) is 19.0 Å². The molecule has 1 aromatic heterocycles. The van der Waals surface area contributed by atoms with E-state index in [-0.39, 0.29) is 22.9 Å². The van der Waals surface area contributed by atoms with E-state index in [0.717, 1.165) is 12.8 Å². The van der Waals surface area contributed by atoms with E-state index >= 15 is 0 Å². The molecule has 9 heteroatoms. The highest BCUT2D eigenvalue weighted by Gasteiger charge is 2.41. The number of carbonyl (C=O) groups excluding carboxylic acids is 1. The van der Waals surface area contributed by atoms with Gasteiger partial charge in [-0.3, -0.25) is 9.10 Å². The largest absolute Gasteiger partial charge is 0.340 e. The Morgan fingerprint density at radius 3 is 2.47 bits per heavy atom. The molecule has 1 N–H and O–H groups in total. The molecule has 168 valence electrons. The Bertz CT molecular complexity index is 1200. The molecular formula is C23H26N4O4S. The number of rotatable bonds is 7. The van der Waals surface area contributed by atoms with Crippen molar-refractivity contribution in [3.8, 4) is 0 Å². The smallest absolute Gasteiger partial charge is 0.264 e. The molecule has 0 saturated heterocycles. The number of nitrogens with one attached hydrogen (secondary N) is 1. The van der Waals surface area contributed by atoms with Gasteiger partial charge in [-0.15, -0.1) is 0 Å². The van der Waals surface area contributed by atoms with E-state index in [2.05, 4.69) is 15.5 Å². The van der Waals surface area contributed by atoms with Gasteiger partial charge in [0.1, 0.15) is 5.54 Å². The van der Waals surface area contributed by atoms with Crippen LogP contribution in [0.2, 0.25) is 0 Å². The maximum absolute atomic E-state index is 13.3. The van der Waals surface area contributed by atoms with Crippen LogP contribution in [0, 0.1) is 6.92 Å². The first-order valence-electron chi connectivity index (χ1n) is 10.7. The summed E-state index contributed by atoms with van der Waals surface area (Å²) >= 11 is 0. The van der Waals surface area contributed by atoms with E-state index in [0.29, 0.717) is 30.2 Å². The summed E-state index contributed by atoms with van der Waals surface area (Å²) in [6.07, 6.45) is 3.27. The zero-order valence-electron chi connectivity index (χ0n) is 18.1. The fourth-order valence-electron chi connectivity index (χ4n) is 4.18. The number of sulfonamides is 1. The summed E-state index contributed by atoms with van der Waals surface area (Å²) in [5.41, 5.74) is 0.132. The third-order valence-corrected chi connectivity index (χ3v) is 7.68. The number of para-hydroxylation sites is 1. The van der Waals surface area contributed by atoms with Crippen LogP contribution in [0.25, 0.3) is 0 Å². The number of aromatic nitrogens is 2. The molecule has 2 aromatic carbocycles. The van der Waals surface area contributed by atoms with Gasteiger partial charge < -0.3 is 9.84 Å². The van der Waals surface area contributed by atoms with Gasteiger partial charge in [0.2, 0.25) is 5.89 Å². The minimum atomic E-state index is -3.84. The Morgan fingerprint density at radius 1 is 1.12 bits per heavy atom. The van der Waals surface area contributed by atoms with E-state index in [1.165, 1.54) is 16.4 Å². The van der Waals surface area contributed by atoms with E-state index in [1.54, 1.807) is 50.2 Å². The first-order valence-corrected chi connectivity index (χ1v) is 12.1. The van der Waals surface area contributed by atoms with Crippen LogP contribution in [-0.4, -0.2) is 31.0 Å². The van der Waals surface area contributed by atoms with Gasteiger partial charge in [0.25, 0.3) is 15.9 Å². The SMILES string of the molecule is CCN(c1ccccc1)S(=O)(=O)c1cccc(C(=O)NC2(c3noc(C)n3)CCCC2)c1. The van der Waals surface area contributed by atoms with Crippen molar-refractivity contribution in [2.45, 2.75) is 50.0 Å². The van der Waals surface area contributed by atoms with E-state index in [9.17, 15) is 13.2 Å². The maximum atomic E-state index is 13.3. The fraction of sp³-hybridized carbons (Fsp3) is 0.348. The molecule has 0 spiro atoms. The van der Waals surface area contributed by atoms with Crippen molar-refractivity contribution < 1.29 is 17.7 Å². The summed E-state index contributed by atoms with van der Waals surface area (Å²) in [4.78, 5) is 17.6. The van der Waals surface area contributed by atoms with Crippen molar-refractivity contribution in [2.24, 2.45) is 0 Å². The molecule has 0 atom stereocenters. The average Bonchev–Trinajstić information content (AvgIpc) is 3.45. The van der Waals surface area contributed by atoms with Crippen molar-refractivity contribution in [3.63, 3.8) is 0 Å². The van der Waals surface area contributed by atoms with Crippen LogP contribution in [-0.2, 0) is 15.6 Å². The highest BCUT2D eigenvalue weighted by atomic mass is 32.2. The number of aryl methyl sites for hydroxylation is 1. The zero-order chi connectivity index (χ0) is 22.8. The molecule has 1 aliphatic rings. The lowest BCUT2D eigenvalue weighted by atomic mass is 9.96. The molecule has 0 unspecified atom stereocenters. The number of anilines is 1. The molecule has 0 radical (unpaired) electrons. The standard InChI is InChI=1S/C23H26N4O4S/c1-3-27(19-11-5-4-6-12-19)32(29,30)20-13-9-10-18(16-20)21(28)25-23(14-7-8-15-23)22-24-17(2)31-26-22/h4-6,9-13,16H,3,7-8,14-15H2,1-2H3,(H,25,28). The molecule has 1 heterocycles. The predicted octanol–water partition coefficient (Wildman–Crippen LogP) is 3.79. The van der Waals surface area contributed by atoms with Crippen molar-refractivity contribution in [2.75, 3.05) is 10.8 Å². The van der Waals surface area contributed by atoms with Gasteiger partial charge in [0.15, 0.2) is 5.82 Å². The summed E-state index contributed by atoms with van der Waals surface area (Å²) in [7, 11) is -3.84. The average molecular weight is 455 g/mol. The Kier molecular flexibility index (Phi) is 6.01. The summed E-state index contributed by atoms with van der Waals surface area (Å²) in [5, 5.41) is 7.10. The van der Waals surface area contributed by atoms with Gasteiger partial charge in [-0.1, -0.05) is 42.3 Å². The summed E-state index contributed by atoms with van der Waals surface area (Å²) in [5.74, 6) is 0.536. The second-order valence-corrected chi connectivity index (χ2v) is 9.78. The monoisotopic (exact) mass is 454 g/mol. The number of carbonyl (C=O) groups is 1. The molecule has 32 heavy (non-hydrogen) atoms. The van der Waals surface area contributed by atoms with Crippen LogP contribution in [0.4, 0.5) is 5.69 Å². The molecule has 1 amide bonds. The van der Waals surface area contributed by atoms with Crippen LogP contribution in [0.5, 0.6) is 0 Å². The third kappa shape index (κ3) is 4.12. The van der Waals surface area contributed by atoms with Crippen LogP contribution in [0.1, 0.15) is 54.7 Å². The van der Waals surface area contributed by atoms with Crippen molar-refractivity contribution in [3.05, 3.63) is 71.9 Å². The molecule has 4 rings (SSSR count). The lowest BCUT2D eigenvalue weighted by molar-refractivity contribution is 0.0891. The highest BCUT2D eigenvalue weighted by Crippen LogP contribution is 2.37. The van der Waals surface area contributed by atoms with Crippen LogP contribution in [0.15, 0.2) is 64.0 Å². The topological polar surface area (TPSA) is 105 Å². The van der Waals surface area contributed by atoms with Crippen molar-refractivity contribution in [1.82, 2.24) is 15.5 Å². The van der Waals surface area contributed by atoms with Gasteiger partial charge in [-0.25, -0.2) is 8.42 Å². The van der Waals surface area contributed by atoms with Crippen molar-refractivity contribution >= 4 is 21.6 Å². The summed E-state index contributed by atoms with van der Waals surface area (Å²) in [6.45, 7) is 3.75. The molecule has 1 fully saturated rings. The number of nitrogens with zero attached hydrogens (tertiary/aromatic N) is 3. The number of benzene rings is 2. The molecule has 1 saturated carbocycles. The minimum Gasteiger partial charge on any atom is -0.340 e. The quantitative estimate of drug-likeness (QED) is 0.582. The lowest BCUT2D eigenvalue weighted by Crippen LogP contribution is -2.44. The first-order chi connectivity index (χ1) is 15.4. The van der Waals surface area contributed by atoms with Gasteiger partial charge in [-0.05, 0) is 50.1 Å². The van der Waals surface area contributed by atoms with Gasteiger partial charge >= 0.3 is 0 Å².